The van der Waals surface area contributed by atoms with E-state index in [2.05, 4.69) is 13.8 Å². The molecule has 0 aromatic rings. The molecule has 0 heterocycles. The summed E-state index contributed by atoms with van der Waals surface area (Å²) in [5.74, 6) is 0. The van der Waals surface area contributed by atoms with Crippen LogP contribution in [0.1, 0.15) is 213 Å². The van der Waals surface area contributed by atoms with Crippen LogP contribution in [0, 0.1) is 0 Å². The highest BCUT2D eigenvalue weighted by molar-refractivity contribution is 4.56. The van der Waals surface area contributed by atoms with Gasteiger partial charge in [0.05, 0.1) is 13.2 Å². The minimum Gasteiger partial charge on any atom is -0.394 e. The van der Waals surface area contributed by atoms with Gasteiger partial charge in [0, 0.05) is 13.2 Å². The first kappa shape index (κ1) is 40.9. The molecule has 0 spiro atoms. The summed E-state index contributed by atoms with van der Waals surface area (Å²) in [4.78, 5) is 0. The van der Waals surface area contributed by atoms with E-state index >= 15 is 0 Å². The van der Waals surface area contributed by atoms with E-state index in [0.717, 1.165) is 26.1 Å². The minimum atomic E-state index is -0.150. The lowest BCUT2D eigenvalue weighted by Gasteiger charge is -2.15. The van der Waals surface area contributed by atoms with Crippen LogP contribution in [0.2, 0.25) is 0 Å². The Morgan fingerprint density at radius 1 is 0.366 bits per heavy atom. The summed E-state index contributed by atoms with van der Waals surface area (Å²) in [5.41, 5.74) is 0. The van der Waals surface area contributed by atoms with E-state index in [4.69, 9.17) is 9.47 Å². The van der Waals surface area contributed by atoms with Gasteiger partial charge in [0.2, 0.25) is 0 Å². The molecule has 0 bridgehead atoms. The lowest BCUT2D eigenvalue weighted by molar-refractivity contribution is -0.0437. The van der Waals surface area contributed by atoms with Crippen molar-refractivity contribution in [2.45, 2.75) is 219 Å². The molecule has 0 fully saturated rings. The van der Waals surface area contributed by atoms with Crippen molar-refractivity contribution in [1.29, 1.82) is 0 Å². The van der Waals surface area contributed by atoms with Crippen LogP contribution in [0.15, 0.2) is 0 Å². The fourth-order valence-electron chi connectivity index (χ4n) is 5.84. The van der Waals surface area contributed by atoms with Crippen LogP contribution in [0.5, 0.6) is 0 Å². The molecule has 0 radical (unpaired) electrons. The number of hydrogen-bond acceptors (Lipinski definition) is 3. The predicted molar refractivity (Wildman–Crippen MR) is 182 cm³/mol. The molecule has 0 aliphatic carbocycles. The number of hydrogen-bond donors (Lipinski definition) is 1. The van der Waals surface area contributed by atoms with E-state index < -0.39 is 0 Å². The normalized spacial score (nSPS) is 12.4. The summed E-state index contributed by atoms with van der Waals surface area (Å²) >= 11 is 0. The van der Waals surface area contributed by atoms with Gasteiger partial charge >= 0.3 is 0 Å². The molecule has 0 aliphatic rings. The van der Waals surface area contributed by atoms with Gasteiger partial charge in [0.25, 0.3) is 0 Å². The summed E-state index contributed by atoms with van der Waals surface area (Å²) in [7, 11) is 0. The smallest absolute Gasteiger partial charge is 0.104 e. The van der Waals surface area contributed by atoms with Crippen molar-refractivity contribution in [3.8, 4) is 0 Å². The monoisotopic (exact) mass is 583 g/mol. The Balaban J connectivity index is 3.24. The Labute approximate surface area is 259 Å². The second kappa shape index (κ2) is 37.9. The molecule has 0 aromatic heterocycles. The molecule has 0 aliphatic heterocycles. The molecule has 0 aromatic carbocycles. The lowest BCUT2D eigenvalue weighted by Crippen LogP contribution is -2.24. The first-order valence-corrected chi connectivity index (χ1v) is 19.1. The highest BCUT2D eigenvalue weighted by Crippen LogP contribution is 2.15. The molecule has 3 heteroatoms. The first-order valence-electron chi connectivity index (χ1n) is 19.1. The molecule has 0 saturated carbocycles. The molecule has 41 heavy (non-hydrogen) atoms. The maximum Gasteiger partial charge on any atom is 0.104 e. The third-order valence-corrected chi connectivity index (χ3v) is 8.75. The average molecular weight is 583 g/mol. The third-order valence-electron chi connectivity index (χ3n) is 8.75. The number of aliphatic hydroxyl groups is 1. The van der Waals surface area contributed by atoms with Crippen LogP contribution < -0.4 is 0 Å². The first-order chi connectivity index (χ1) is 20.3. The van der Waals surface area contributed by atoms with Crippen molar-refractivity contribution in [3.63, 3.8) is 0 Å². The Morgan fingerprint density at radius 3 is 0.927 bits per heavy atom. The van der Waals surface area contributed by atoms with E-state index in [9.17, 15) is 5.11 Å². The van der Waals surface area contributed by atoms with Crippen molar-refractivity contribution >= 4 is 0 Å². The average Bonchev–Trinajstić information content (AvgIpc) is 2.99. The fraction of sp³-hybridized carbons (Fsp3) is 1.00. The molecule has 0 amide bonds. The van der Waals surface area contributed by atoms with E-state index in [0.29, 0.717) is 6.61 Å². The van der Waals surface area contributed by atoms with Crippen molar-refractivity contribution in [3.05, 3.63) is 0 Å². The van der Waals surface area contributed by atoms with Crippen molar-refractivity contribution in [1.82, 2.24) is 0 Å². The van der Waals surface area contributed by atoms with Crippen LogP contribution in [-0.2, 0) is 9.47 Å². The quantitative estimate of drug-likeness (QED) is 0.0740. The van der Waals surface area contributed by atoms with Gasteiger partial charge in [-0.3, -0.25) is 0 Å². The minimum absolute atomic E-state index is 0.0672. The SMILES string of the molecule is CCCCCCCCCCCCCCCCCCOC(CO)COCCCCCCCCCCCCCCCCC. The molecule has 1 atom stereocenters. The summed E-state index contributed by atoms with van der Waals surface area (Å²) in [6.45, 7) is 6.75. The van der Waals surface area contributed by atoms with Crippen molar-refractivity contribution in [2.75, 3.05) is 26.4 Å². The van der Waals surface area contributed by atoms with Gasteiger partial charge in [0.1, 0.15) is 6.10 Å². The fourth-order valence-corrected chi connectivity index (χ4v) is 5.84. The molecule has 0 rings (SSSR count). The largest absolute Gasteiger partial charge is 0.394 e. The van der Waals surface area contributed by atoms with Crippen LogP contribution in [0.4, 0.5) is 0 Å². The van der Waals surface area contributed by atoms with Gasteiger partial charge in [-0.05, 0) is 12.8 Å². The van der Waals surface area contributed by atoms with Gasteiger partial charge in [-0.15, -0.1) is 0 Å². The molecular formula is C38H78O3. The predicted octanol–water partition coefficient (Wildman–Crippen LogP) is 12.5. The molecule has 3 nitrogen and oxygen atoms in total. The standard InChI is InChI=1S/C38H78O3/c1-3-5-7-9-11-13-15-17-19-21-23-25-27-29-31-33-35-41-38(36-39)37-40-34-32-30-28-26-24-22-20-18-16-14-12-10-8-6-4-2/h38-39H,3-37H2,1-2H3. The van der Waals surface area contributed by atoms with E-state index in [1.54, 1.807) is 0 Å². The summed E-state index contributed by atoms with van der Waals surface area (Å²) < 4.78 is 11.7. The van der Waals surface area contributed by atoms with Crippen LogP contribution in [0.25, 0.3) is 0 Å². The zero-order chi connectivity index (χ0) is 29.7. The Hall–Kier alpha value is -0.120. The zero-order valence-corrected chi connectivity index (χ0v) is 28.6. The topological polar surface area (TPSA) is 38.7 Å². The van der Waals surface area contributed by atoms with E-state index in [-0.39, 0.29) is 12.7 Å². The molecule has 0 saturated heterocycles. The summed E-state index contributed by atoms with van der Waals surface area (Å²) in [6.07, 6.45) is 42.8. The molecule has 248 valence electrons. The Morgan fingerprint density at radius 2 is 0.634 bits per heavy atom. The number of ether oxygens (including phenoxy) is 2. The van der Waals surface area contributed by atoms with Gasteiger partial charge in [-0.2, -0.15) is 0 Å². The second-order valence-electron chi connectivity index (χ2n) is 13.0. The van der Waals surface area contributed by atoms with Crippen molar-refractivity contribution in [2.24, 2.45) is 0 Å². The highest BCUT2D eigenvalue weighted by atomic mass is 16.5. The second-order valence-corrected chi connectivity index (χ2v) is 13.0. The number of aliphatic hydroxyl groups excluding tert-OH is 1. The summed E-state index contributed by atoms with van der Waals surface area (Å²) in [6, 6.07) is 0. The van der Waals surface area contributed by atoms with Gasteiger partial charge in [-0.25, -0.2) is 0 Å². The van der Waals surface area contributed by atoms with Crippen LogP contribution in [-0.4, -0.2) is 37.6 Å². The van der Waals surface area contributed by atoms with Crippen molar-refractivity contribution < 1.29 is 14.6 Å². The Kier molecular flexibility index (Phi) is 37.8. The van der Waals surface area contributed by atoms with Gasteiger partial charge in [0.15, 0.2) is 0 Å². The van der Waals surface area contributed by atoms with Gasteiger partial charge in [-0.1, -0.05) is 200 Å². The van der Waals surface area contributed by atoms with Crippen LogP contribution in [0.3, 0.4) is 0 Å². The van der Waals surface area contributed by atoms with E-state index in [1.165, 1.54) is 186 Å². The lowest BCUT2D eigenvalue weighted by atomic mass is 10.0. The number of rotatable bonds is 37. The van der Waals surface area contributed by atoms with Crippen LogP contribution >= 0.6 is 0 Å². The molecule has 1 unspecified atom stereocenters. The van der Waals surface area contributed by atoms with E-state index in [1.807, 2.05) is 0 Å². The molecule has 1 N–H and O–H groups in total. The molecular weight excluding hydrogens is 504 g/mol. The number of unbranched alkanes of at least 4 members (excludes halogenated alkanes) is 29. The third kappa shape index (κ3) is 36.0. The highest BCUT2D eigenvalue weighted by Gasteiger charge is 2.07. The Bertz CT molecular complexity index is 403. The maximum absolute atomic E-state index is 9.59. The zero-order valence-electron chi connectivity index (χ0n) is 28.6. The maximum atomic E-state index is 9.59. The van der Waals surface area contributed by atoms with Gasteiger partial charge < -0.3 is 14.6 Å². The summed E-state index contributed by atoms with van der Waals surface area (Å²) in [5, 5.41) is 9.59.